The summed E-state index contributed by atoms with van der Waals surface area (Å²) in [6.45, 7) is 1.79. The number of carbonyl (C=O) groups is 2. The van der Waals surface area contributed by atoms with Gasteiger partial charge >= 0.3 is 11.9 Å². The van der Waals surface area contributed by atoms with Crippen molar-refractivity contribution in [3.05, 3.63) is 0 Å². The Hall–Kier alpha value is -1.10. The second kappa shape index (κ2) is 8.10. The van der Waals surface area contributed by atoms with Crippen molar-refractivity contribution < 1.29 is 24.2 Å². The van der Waals surface area contributed by atoms with Crippen LogP contribution in [0.15, 0.2) is 0 Å². The lowest BCUT2D eigenvalue weighted by molar-refractivity contribution is -0.151. The smallest absolute Gasteiger partial charge is 0.334 e. The summed E-state index contributed by atoms with van der Waals surface area (Å²) < 4.78 is 8.97. The van der Waals surface area contributed by atoms with Gasteiger partial charge in [0.15, 0.2) is 6.10 Å². The predicted molar refractivity (Wildman–Crippen MR) is 57.7 cm³/mol. The van der Waals surface area contributed by atoms with Gasteiger partial charge in [-0.05, 0) is 12.8 Å². The number of ether oxygens (including phenoxy) is 2. The lowest BCUT2D eigenvalue weighted by Crippen LogP contribution is -2.21. The molecule has 5 nitrogen and oxygen atoms in total. The number of methoxy groups -OCH3 is 2. The number of aliphatic hydroxyl groups excluding tert-OH is 1. The minimum Gasteiger partial charge on any atom is -0.469 e. The van der Waals surface area contributed by atoms with E-state index in [1.807, 2.05) is 0 Å². The zero-order valence-corrected chi connectivity index (χ0v) is 10.1. The lowest BCUT2D eigenvalue weighted by atomic mass is 10.0. The van der Waals surface area contributed by atoms with Crippen molar-refractivity contribution in [1.29, 1.82) is 0 Å². The van der Waals surface area contributed by atoms with Crippen LogP contribution in [-0.2, 0) is 19.1 Å². The lowest BCUT2D eigenvalue weighted by Gasteiger charge is -2.10. The van der Waals surface area contributed by atoms with Crippen LogP contribution in [0.3, 0.4) is 0 Å². The molecule has 0 heterocycles. The fourth-order valence-corrected chi connectivity index (χ4v) is 1.36. The SMILES string of the molecule is COC(=O)C(C)CCCCC(O)C(=O)OC. The highest BCUT2D eigenvalue weighted by Crippen LogP contribution is 2.12. The molecule has 0 bridgehead atoms. The van der Waals surface area contributed by atoms with Crippen LogP contribution in [0.2, 0.25) is 0 Å². The second-order valence-corrected chi connectivity index (χ2v) is 3.75. The molecule has 16 heavy (non-hydrogen) atoms. The van der Waals surface area contributed by atoms with Crippen molar-refractivity contribution >= 4 is 11.9 Å². The number of rotatable bonds is 7. The Kier molecular flexibility index (Phi) is 7.54. The standard InChI is InChI=1S/C11H20O5/c1-8(10(13)15-2)6-4-5-7-9(12)11(14)16-3/h8-9,12H,4-7H2,1-3H3. The fourth-order valence-electron chi connectivity index (χ4n) is 1.36. The Balaban J connectivity index is 3.60. The maximum Gasteiger partial charge on any atom is 0.334 e. The summed E-state index contributed by atoms with van der Waals surface area (Å²) in [5.41, 5.74) is 0. The number of hydrogen-bond acceptors (Lipinski definition) is 5. The minimum atomic E-state index is -1.06. The summed E-state index contributed by atoms with van der Waals surface area (Å²) >= 11 is 0. The summed E-state index contributed by atoms with van der Waals surface area (Å²) in [7, 11) is 2.60. The molecule has 1 N–H and O–H groups in total. The first-order chi connectivity index (χ1) is 7.52. The molecule has 2 atom stereocenters. The van der Waals surface area contributed by atoms with Crippen molar-refractivity contribution in [2.45, 2.75) is 38.7 Å². The van der Waals surface area contributed by atoms with Gasteiger partial charge in [-0.1, -0.05) is 19.8 Å². The van der Waals surface area contributed by atoms with Crippen LogP contribution in [0.1, 0.15) is 32.6 Å². The molecule has 2 unspecified atom stereocenters. The highest BCUT2D eigenvalue weighted by Gasteiger charge is 2.16. The summed E-state index contributed by atoms with van der Waals surface area (Å²) in [5.74, 6) is -0.977. The molecule has 0 spiro atoms. The number of carbonyl (C=O) groups excluding carboxylic acids is 2. The molecule has 0 aliphatic heterocycles. The van der Waals surface area contributed by atoms with Gasteiger partial charge in [0, 0.05) is 0 Å². The summed E-state index contributed by atoms with van der Waals surface area (Å²) in [5, 5.41) is 9.27. The molecular formula is C11H20O5. The van der Waals surface area contributed by atoms with Crippen LogP contribution in [-0.4, -0.2) is 37.4 Å². The molecule has 0 rings (SSSR count). The van der Waals surface area contributed by atoms with E-state index < -0.39 is 12.1 Å². The Morgan fingerprint density at radius 2 is 1.56 bits per heavy atom. The van der Waals surface area contributed by atoms with E-state index in [4.69, 9.17) is 0 Å². The molecule has 0 saturated heterocycles. The molecule has 0 aliphatic rings. The van der Waals surface area contributed by atoms with E-state index in [0.29, 0.717) is 19.3 Å². The Morgan fingerprint density at radius 3 is 2.06 bits per heavy atom. The number of aliphatic hydroxyl groups is 1. The van der Waals surface area contributed by atoms with Crippen LogP contribution in [0.5, 0.6) is 0 Å². The van der Waals surface area contributed by atoms with Crippen LogP contribution in [0, 0.1) is 5.92 Å². The van der Waals surface area contributed by atoms with Crippen LogP contribution < -0.4 is 0 Å². The van der Waals surface area contributed by atoms with E-state index in [1.54, 1.807) is 6.92 Å². The van der Waals surface area contributed by atoms with Crippen LogP contribution in [0.25, 0.3) is 0 Å². The van der Waals surface area contributed by atoms with Crippen molar-refractivity contribution in [3.63, 3.8) is 0 Å². The number of esters is 2. The molecule has 0 aromatic carbocycles. The van der Waals surface area contributed by atoms with Gasteiger partial charge in [-0.25, -0.2) is 4.79 Å². The van der Waals surface area contributed by atoms with Gasteiger partial charge in [0.1, 0.15) is 0 Å². The Morgan fingerprint density at radius 1 is 1.06 bits per heavy atom. The molecule has 94 valence electrons. The molecule has 0 aromatic heterocycles. The van der Waals surface area contributed by atoms with Gasteiger partial charge in [0.25, 0.3) is 0 Å². The van der Waals surface area contributed by atoms with Crippen LogP contribution >= 0.6 is 0 Å². The number of unbranched alkanes of at least 4 members (excludes halogenated alkanes) is 1. The normalized spacial score (nSPS) is 14.0. The monoisotopic (exact) mass is 232 g/mol. The highest BCUT2D eigenvalue weighted by molar-refractivity contribution is 5.74. The van der Waals surface area contributed by atoms with E-state index in [0.717, 1.165) is 6.42 Å². The van der Waals surface area contributed by atoms with E-state index in [1.165, 1.54) is 14.2 Å². The first-order valence-electron chi connectivity index (χ1n) is 5.36. The van der Waals surface area contributed by atoms with Gasteiger partial charge in [-0.2, -0.15) is 0 Å². The third-order valence-electron chi connectivity index (χ3n) is 2.44. The quantitative estimate of drug-likeness (QED) is 0.521. The largest absolute Gasteiger partial charge is 0.469 e. The molecule has 0 radical (unpaired) electrons. The summed E-state index contributed by atoms with van der Waals surface area (Å²) in [6.07, 6.45) is 1.45. The van der Waals surface area contributed by atoms with Crippen molar-refractivity contribution in [1.82, 2.24) is 0 Å². The predicted octanol–water partition coefficient (Wildman–Crippen LogP) is 0.890. The molecule has 0 aromatic rings. The molecule has 0 amide bonds. The summed E-state index contributed by atoms with van der Waals surface area (Å²) in [4.78, 5) is 21.9. The van der Waals surface area contributed by atoms with Crippen molar-refractivity contribution in [2.24, 2.45) is 5.92 Å². The van der Waals surface area contributed by atoms with E-state index >= 15 is 0 Å². The maximum absolute atomic E-state index is 11.0. The maximum atomic E-state index is 11.0. The van der Waals surface area contributed by atoms with Crippen LogP contribution in [0.4, 0.5) is 0 Å². The molecule has 0 fully saturated rings. The third kappa shape index (κ3) is 5.70. The van der Waals surface area contributed by atoms with E-state index in [2.05, 4.69) is 9.47 Å². The Bertz CT molecular complexity index is 202. The molecule has 5 heteroatoms. The van der Waals surface area contributed by atoms with E-state index in [-0.39, 0.29) is 11.9 Å². The number of hydrogen-bond donors (Lipinski definition) is 1. The zero-order chi connectivity index (χ0) is 12.6. The average Bonchev–Trinajstić information content (AvgIpc) is 2.31. The van der Waals surface area contributed by atoms with Gasteiger partial charge in [-0.15, -0.1) is 0 Å². The summed E-state index contributed by atoms with van der Waals surface area (Å²) in [6, 6.07) is 0. The molecular weight excluding hydrogens is 212 g/mol. The minimum absolute atomic E-state index is 0.139. The molecule has 0 aliphatic carbocycles. The van der Waals surface area contributed by atoms with Crippen molar-refractivity contribution in [2.75, 3.05) is 14.2 Å². The first kappa shape index (κ1) is 14.9. The second-order valence-electron chi connectivity index (χ2n) is 3.75. The topological polar surface area (TPSA) is 72.8 Å². The Labute approximate surface area is 95.7 Å². The third-order valence-corrected chi connectivity index (χ3v) is 2.44. The first-order valence-corrected chi connectivity index (χ1v) is 5.36. The average molecular weight is 232 g/mol. The molecule has 0 saturated carbocycles. The van der Waals surface area contributed by atoms with Gasteiger partial charge in [-0.3, -0.25) is 4.79 Å². The van der Waals surface area contributed by atoms with Crippen molar-refractivity contribution in [3.8, 4) is 0 Å². The zero-order valence-electron chi connectivity index (χ0n) is 10.1. The van der Waals surface area contributed by atoms with Gasteiger partial charge in [0.2, 0.25) is 0 Å². The highest BCUT2D eigenvalue weighted by atomic mass is 16.5. The van der Waals surface area contributed by atoms with Gasteiger partial charge in [0.05, 0.1) is 20.1 Å². The van der Waals surface area contributed by atoms with Gasteiger partial charge < -0.3 is 14.6 Å². The fraction of sp³-hybridized carbons (Fsp3) is 0.818. The van der Waals surface area contributed by atoms with E-state index in [9.17, 15) is 14.7 Å².